The van der Waals surface area contributed by atoms with Gasteiger partial charge in [0.05, 0.1) is 6.33 Å². The van der Waals surface area contributed by atoms with Crippen molar-refractivity contribution >= 4 is 5.91 Å². The first-order valence-corrected chi connectivity index (χ1v) is 7.34. The fraction of sp³-hybridized carbons (Fsp3) is 0.200. The molecule has 3 aromatic rings. The van der Waals surface area contributed by atoms with Gasteiger partial charge in [-0.25, -0.2) is 4.98 Å². The molecule has 0 aliphatic carbocycles. The average molecular weight is 325 g/mol. The summed E-state index contributed by atoms with van der Waals surface area (Å²) in [5.74, 6) is 0.230. The second-order valence-corrected chi connectivity index (χ2v) is 5.01. The van der Waals surface area contributed by atoms with Crippen molar-refractivity contribution in [3.63, 3.8) is 0 Å². The van der Waals surface area contributed by atoms with E-state index in [9.17, 15) is 9.59 Å². The lowest BCUT2D eigenvalue weighted by Crippen LogP contribution is -2.30. The SMILES string of the molecule is O=C(Cn1nnc(-c2ccccc2)n1)NCCc1cc(=O)[nH]cn1. The molecular weight excluding hydrogens is 310 g/mol. The number of aromatic nitrogens is 6. The molecule has 0 fully saturated rings. The summed E-state index contributed by atoms with van der Waals surface area (Å²) in [5, 5.41) is 14.7. The van der Waals surface area contributed by atoms with E-state index in [4.69, 9.17) is 0 Å². The number of hydrogen-bond acceptors (Lipinski definition) is 6. The molecule has 2 N–H and O–H groups in total. The highest BCUT2D eigenvalue weighted by Gasteiger charge is 2.08. The van der Waals surface area contributed by atoms with Crippen LogP contribution in [-0.2, 0) is 17.8 Å². The van der Waals surface area contributed by atoms with Crippen molar-refractivity contribution in [1.82, 2.24) is 35.5 Å². The molecule has 0 bridgehead atoms. The average Bonchev–Trinajstić information content (AvgIpc) is 3.04. The van der Waals surface area contributed by atoms with E-state index < -0.39 is 0 Å². The zero-order valence-electron chi connectivity index (χ0n) is 12.7. The van der Waals surface area contributed by atoms with Crippen molar-refractivity contribution in [3.05, 3.63) is 58.8 Å². The van der Waals surface area contributed by atoms with Crippen molar-refractivity contribution in [2.75, 3.05) is 6.54 Å². The Hall–Kier alpha value is -3.36. The van der Waals surface area contributed by atoms with Gasteiger partial charge in [-0.3, -0.25) is 9.59 Å². The lowest BCUT2D eigenvalue weighted by molar-refractivity contribution is -0.122. The summed E-state index contributed by atoms with van der Waals surface area (Å²) in [6.45, 7) is 0.345. The summed E-state index contributed by atoms with van der Waals surface area (Å²) in [4.78, 5) is 30.7. The number of hydrogen-bond donors (Lipinski definition) is 2. The highest BCUT2D eigenvalue weighted by Crippen LogP contribution is 2.11. The molecule has 2 aromatic heterocycles. The Balaban J connectivity index is 1.50. The third kappa shape index (κ3) is 4.09. The van der Waals surface area contributed by atoms with Crippen LogP contribution in [0.4, 0.5) is 0 Å². The predicted molar refractivity (Wildman–Crippen MR) is 84.8 cm³/mol. The Morgan fingerprint density at radius 3 is 2.88 bits per heavy atom. The summed E-state index contributed by atoms with van der Waals surface area (Å²) in [7, 11) is 0. The number of H-pyrrole nitrogens is 1. The van der Waals surface area contributed by atoms with Gasteiger partial charge in [-0.15, -0.1) is 10.2 Å². The summed E-state index contributed by atoms with van der Waals surface area (Å²) in [6, 6.07) is 10.8. The van der Waals surface area contributed by atoms with Gasteiger partial charge in [0.1, 0.15) is 6.54 Å². The first-order chi connectivity index (χ1) is 11.7. The molecule has 0 aliphatic heterocycles. The number of nitrogens with one attached hydrogen (secondary N) is 2. The van der Waals surface area contributed by atoms with Crippen LogP contribution in [0.3, 0.4) is 0 Å². The van der Waals surface area contributed by atoms with Gasteiger partial charge in [-0.1, -0.05) is 30.3 Å². The summed E-state index contributed by atoms with van der Waals surface area (Å²) < 4.78 is 0. The molecule has 9 nitrogen and oxygen atoms in total. The van der Waals surface area contributed by atoms with Crippen molar-refractivity contribution in [3.8, 4) is 11.4 Å². The van der Waals surface area contributed by atoms with Gasteiger partial charge in [0.15, 0.2) is 0 Å². The molecule has 0 spiro atoms. The summed E-state index contributed by atoms with van der Waals surface area (Å²) in [5.41, 5.74) is 1.24. The van der Waals surface area contributed by atoms with Crippen molar-refractivity contribution in [2.45, 2.75) is 13.0 Å². The molecule has 1 amide bonds. The lowest BCUT2D eigenvalue weighted by Gasteiger charge is -2.03. The molecule has 122 valence electrons. The summed E-state index contributed by atoms with van der Waals surface area (Å²) >= 11 is 0. The van der Waals surface area contributed by atoms with Gasteiger partial charge in [0.25, 0.3) is 5.56 Å². The van der Waals surface area contributed by atoms with Gasteiger partial charge in [0.2, 0.25) is 11.7 Å². The van der Waals surface area contributed by atoms with Crippen LogP contribution >= 0.6 is 0 Å². The number of rotatable bonds is 6. The maximum Gasteiger partial charge on any atom is 0.250 e. The quantitative estimate of drug-likeness (QED) is 0.647. The molecular formula is C15H15N7O2. The molecule has 0 atom stereocenters. The molecule has 0 unspecified atom stereocenters. The van der Waals surface area contributed by atoms with Crippen molar-refractivity contribution in [1.29, 1.82) is 0 Å². The standard InChI is InChI=1S/C15H15N7O2/c23-13-8-12(17-10-18-13)6-7-16-14(24)9-22-20-15(19-21-22)11-4-2-1-3-5-11/h1-5,8,10H,6-7,9H2,(H,16,24)(H,17,18,23). The highest BCUT2D eigenvalue weighted by molar-refractivity contribution is 5.75. The Morgan fingerprint density at radius 2 is 2.08 bits per heavy atom. The zero-order chi connectivity index (χ0) is 16.8. The summed E-state index contributed by atoms with van der Waals surface area (Å²) in [6.07, 6.45) is 1.81. The van der Waals surface area contributed by atoms with Crippen LogP contribution in [0.2, 0.25) is 0 Å². The number of carbonyl (C=O) groups excluding carboxylic acids is 1. The van der Waals surface area contributed by atoms with Gasteiger partial charge in [-0.2, -0.15) is 4.80 Å². The van der Waals surface area contributed by atoms with Gasteiger partial charge in [-0.05, 0) is 5.21 Å². The monoisotopic (exact) mass is 325 g/mol. The lowest BCUT2D eigenvalue weighted by atomic mass is 10.2. The van der Waals surface area contributed by atoms with Crippen molar-refractivity contribution in [2.24, 2.45) is 0 Å². The third-order valence-corrected chi connectivity index (χ3v) is 3.21. The minimum atomic E-state index is -0.239. The van der Waals surface area contributed by atoms with E-state index in [-0.39, 0.29) is 18.0 Å². The van der Waals surface area contributed by atoms with Gasteiger partial charge < -0.3 is 10.3 Å². The first kappa shape index (κ1) is 15.5. The molecule has 0 radical (unpaired) electrons. The second-order valence-electron chi connectivity index (χ2n) is 5.01. The van der Waals surface area contributed by atoms with Crippen LogP contribution in [-0.4, -0.2) is 42.6 Å². The van der Waals surface area contributed by atoms with Crippen LogP contribution < -0.4 is 10.9 Å². The van der Waals surface area contributed by atoms with E-state index in [1.807, 2.05) is 30.3 Å². The minimum absolute atomic E-state index is 0.0252. The number of nitrogens with zero attached hydrogens (tertiary/aromatic N) is 5. The third-order valence-electron chi connectivity index (χ3n) is 3.21. The first-order valence-electron chi connectivity index (χ1n) is 7.34. The van der Waals surface area contributed by atoms with E-state index in [1.165, 1.54) is 17.2 Å². The number of benzene rings is 1. The van der Waals surface area contributed by atoms with E-state index in [0.29, 0.717) is 24.5 Å². The maximum atomic E-state index is 11.9. The van der Waals surface area contributed by atoms with Crippen LogP contribution in [0.25, 0.3) is 11.4 Å². The predicted octanol–water partition coefficient (Wildman–Crippen LogP) is -0.218. The Bertz CT molecular complexity index is 873. The Labute approximate surface area is 136 Å². The van der Waals surface area contributed by atoms with E-state index in [0.717, 1.165) is 5.56 Å². The van der Waals surface area contributed by atoms with Crippen LogP contribution in [0, 0.1) is 0 Å². The van der Waals surface area contributed by atoms with Crippen molar-refractivity contribution < 1.29 is 4.79 Å². The molecule has 0 saturated heterocycles. The zero-order valence-corrected chi connectivity index (χ0v) is 12.7. The molecule has 9 heteroatoms. The molecule has 1 aromatic carbocycles. The van der Waals surface area contributed by atoms with Crippen LogP contribution in [0.5, 0.6) is 0 Å². The Kier molecular flexibility index (Phi) is 4.70. The smallest absolute Gasteiger partial charge is 0.250 e. The molecule has 2 heterocycles. The molecule has 24 heavy (non-hydrogen) atoms. The fourth-order valence-corrected chi connectivity index (χ4v) is 2.07. The Morgan fingerprint density at radius 1 is 1.25 bits per heavy atom. The van der Waals surface area contributed by atoms with E-state index in [1.54, 1.807) is 0 Å². The molecule has 0 saturated carbocycles. The largest absolute Gasteiger partial charge is 0.354 e. The van der Waals surface area contributed by atoms with E-state index in [2.05, 4.69) is 30.7 Å². The van der Waals surface area contributed by atoms with E-state index >= 15 is 0 Å². The van der Waals surface area contributed by atoms with Gasteiger partial charge >= 0.3 is 0 Å². The molecule has 3 rings (SSSR count). The number of aromatic amines is 1. The maximum absolute atomic E-state index is 11.9. The normalized spacial score (nSPS) is 10.5. The number of carbonyl (C=O) groups is 1. The number of amides is 1. The van der Waals surface area contributed by atoms with Crippen LogP contribution in [0.1, 0.15) is 5.69 Å². The second kappa shape index (κ2) is 7.27. The highest BCUT2D eigenvalue weighted by atomic mass is 16.2. The van der Waals surface area contributed by atoms with Crippen LogP contribution in [0.15, 0.2) is 47.5 Å². The fourth-order valence-electron chi connectivity index (χ4n) is 2.07. The molecule has 0 aliphatic rings. The number of tetrazole rings is 1. The van der Waals surface area contributed by atoms with Gasteiger partial charge in [0, 0.05) is 30.3 Å². The minimum Gasteiger partial charge on any atom is -0.354 e. The topological polar surface area (TPSA) is 118 Å².